The summed E-state index contributed by atoms with van der Waals surface area (Å²) in [5, 5.41) is 18.0. The van der Waals surface area contributed by atoms with E-state index in [1.807, 2.05) is 17.0 Å². The van der Waals surface area contributed by atoms with Crippen molar-refractivity contribution >= 4 is 5.91 Å². The van der Waals surface area contributed by atoms with Crippen LogP contribution in [0.4, 0.5) is 0 Å². The fraction of sp³-hybridized carbons (Fsp3) is 0.484. The van der Waals surface area contributed by atoms with E-state index < -0.39 is 0 Å². The number of aromatic nitrogens is 3. The van der Waals surface area contributed by atoms with Crippen molar-refractivity contribution in [2.75, 3.05) is 19.7 Å². The smallest absolute Gasteiger partial charge is 0.254 e. The zero-order chi connectivity index (χ0) is 26.1. The molecule has 0 radical (unpaired) electrons. The summed E-state index contributed by atoms with van der Waals surface area (Å²) in [5.74, 6) is 2.64. The molecule has 38 heavy (non-hydrogen) atoms. The highest BCUT2D eigenvalue weighted by molar-refractivity contribution is 5.97. The molecule has 7 heteroatoms. The lowest BCUT2D eigenvalue weighted by Crippen LogP contribution is -2.38. The van der Waals surface area contributed by atoms with Crippen molar-refractivity contribution in [3.8, 4) is 17.5 Å². The highest BCUT2D eigenvalue weighted by atomic mass is 16.5. The Morgan fingerprint density at radius 3 is 2.50 bits per heavy atom. The maximum Gasteiger partial charge on any atom is 0.254 e. The van der Waals surface area contributed by atoms with E-state index in [1.54, 1.807) is 0 Å². The number of hydrogen-bond donors (Lipinski definition) is 1. The molecule has 7 nitrogen and oxygen atoms in total. The van der Waals surface area contributed by atoms with Crippen molar-refractivity contribution in [1.82, 2.24) is 20.1 Å². The summed E-state index contributed by atoms with van der Waals surface area (Å²) >= 11 is 0. The number of nitrogens with zero attached hydrogens (tertiary/aromatic N) is 4. The number of aromatic amines is 1. The predicted octanol–water partition coefficient (Wildman–Crippen LogP) is 5.66. The Morgan fingerprint density at radius 1 is 1.05 bits per heavy atom. The molecule has 0 bridgehead atoms. The number of rotatable bonds is 6. The molecule has 0 spiro atoms. The topological polar surface area (TPSA) is 94.9 Å². The second kappa shape index (κ2) is 10.7. The van der Waals surface area contributed by atoms with Gasteiger partial charge < -0.3 is 14.6 Å². The van der Waals surface area contributed by atoms with Crippen LogP contribution in [0.2, 0.25) is 0 Å². The number of likely N-dealkylation sites (tertiary alicyclic amines) is 1. The van der Waals surface area contributed by atoms with E-state index in [0.717, 1.165) is 80.1 Å². The Labute approximate surface area is 224 Å². The fourth-order valence-electron chi connectivity index (χ4n) is 6.17. The Hall–Kier alpha value is -3.50. The number of hydrogen-bond acceptors (Lipinski definition) is 5. The molecule has 2 aromatic carbocycles. The van der Waals surface area contributed by atoms with Crippen molar-refractivity contribution in [2.24, 2.45) is 0 Å². The molecule has 1 amide bonds. The lowest BCUT2D eigenvalue weighted by Gasteiger charge is -2.33. The van der Waals surface area contributed by atoms with Gasteiger partial charge in [-0.25, -0.2) is 0 Å². The Morgan fingerprint density at radius 2 is 1.84 bits per heavy atom. The number of nitriles is 1. The number of piperidine rings is 1. The summed E-state index contributed by atoms with van der Waals surface area (Å²) < 4.78 is 5.79. The third kappa shape index (κ3) is 4.98. The maximum atomic E-state index is 13.8. The zero-order valence-corrected chi connectivity index (χ0v) is 22.1. The molecular formula is C31H35N5O2. The van der Waals surface area contributed by atoms with Crippen LogP contribution < -0.4 is 0 Å². The summed E-state index contributed by atoms with van der Waals surface area (Å²) in [6, 6.07) is 14.4. The van der Waals surface area contributed by atoms with Gasteiger partial charge in [0, 0.05) is 37.2 Å². The number of ether oxygens (including phenoxy) is 1. The van der Waals surface area contributed by atoms with Crippen LogP contribution in [-0.2, 0) is 11.2 Å². The monoisotopic (exact) mass is 509 g/mol. The third-order valence-electron chi connectivity index (χ3n) is 8.70. The largest absolute Gasteiger partial charge is 0.378 e. The van der Waals surface area contributed by atoms with E-state index in [0.29, 0.717) is 17.4 Å². The van der Waals surface area contributed by atoms with Crippen molar-refractivity contribution < 1.29 is 9.53 Å². The molecule has 1 atom stereocenters. The molecule has 2 saturated heterocycles. The fourth-order valence-corrected chi connectivity index (χ4v) is 6.17. The summed E-state index contributed by atoms with van der Waals surface area (Å²) in [5.41, 5.74) is 6.03. The van der Waals surface area contributed by atoms with E-state index in [9.17, 15) is 4.79 Å². The van der Waals surface area contributed by atoms with Gasteiger partial charge in [0.1, 0.15) is 5.82 Å². The van der Waals surface area contributed by atoms with Gasteiger partial charge in [-0.05, 0) is 92.2 Å². The van der Waals surface area contributed by atoms with Gasteiger partial charge in [-0.1, -0.05) is 24.6 Å². The zero-order valence-electron chi connectivity index (χ0n) is 22.1. The van der Waals surface area contributed by atoms with Crippen molar-refractivity contribution in [3.05, 3.63) is 70.0 Å². The molecule has 1 N–H and O–H groups in total. The minimum Gasteiger partial charge on any atom is -0.378 e. The molecule has 196 valence electrons. The van der Waals surface area contributed by atoms with Gasteiger partial charge >= 0.3 is 0 Å². The standard InChI is InChI=1S/C31H35N5O2/c1-20-16-27(24-4-2-5-24)28(30-33-29(34-35-30)17-25-6-3-15-38-25)18-26(20)31(37)36-13-11-23(12-14-36)22-9-7-21(19-32)8-10-22/h7-10,16,18,23-25H,2-6,11-15,17H2,1H3,(H,33,34,35)/t25-/m0/s1. The SMILES string of the molecule is Cc1cc(C2CCC2)c(-c2nnc(C[C@@H]3CCCO3)[nH]2)cc1C(=O)N1CCC(c2ccc(C#N)cc2)CC1. The summed E-state index contributed by atoms with van der Waals surface area (Å²) in [7, 11) is 0. The first-order valence-electron chi connectivity index (χ1n) is 14.1. The molecular weight excluding hydrogens is 474 g/mol. The van der Waals surface area contributed by atoms with Gasteiger partial charge in [0.15, 0.2) is 5.82 Å². The molecule has 3 fully saturated rings. The first kappa shape index (κ1) is 24.8. The van der Waals surface area contributed by atoms with E-state index >= 15 is 0 Å². The van der Waals surface area contributed by atoms with Crippen LogP contribution in [0.3, 0.4) is 0 Å². The van der Waals surface area contributed by atoms with E-state index in [4.69, 9.17) is 10.00 Å². The van der Waals surface area contributed by atoms with Crippen LogP contribution in [0.15, 0.2) is 36.4 Å². The minimum absolute atomic E-state index is 0.0984. The quantitative estimate of drug-likeness (QED) is 0.463. The van der Waals surface area contributed by atoms with Crippen molar-refractivity contribution in [1.29, 1.82) is 5.26 Å². The molecule has 6 rings (SSSR count). The number of amides is 1. The van der Waals surface area contributed by atoms with Crippen LogP contribution in [0.25, 0.3) is 11.4 Å². The van der Waals surface area contributed by atoms with E-state index in [1.165, 1.54) is 30.4 Å². The second-order valence-electron chi connectivity index (χ2n) is 11.1. The van der Waals surface area contributed by atoms with Crippen LogP contribution >= 0.6 is 0 Å². The summed E-state index contributed by atoms with van der Waals surface area (Å²) in [6.07, 6.45) is 8.59. The number of carbonyl (C=O) groups excluding carboxylic acids is 1. The van der Waals surface area contributed by atoms with Gasteiger partial charge in [-0.3, -0.25) is 4.79 Å². The molecule has 0 unspecified atom stereocenters. The molecule has 3 aromatic rings. The van der Waals surface area contributed by atoms with Gasteiger partial charge in [0.2, 0.25) is 0 Å². The summed E-state index contributed by atoms with van der Waals surface area (Å²) in [6.45, 7) is 4.35. The van der Waals surface area contributed by atoms with Gasteiger partial charge in [0.25, 0.3) is 5.91 Å². The molecule has 1 aliphatic carbocycles. The minimum atomic E-state index is 0.0984. The molecule has 3 heterocycles. The Balaban J connectivity index is 1.21. The van der Waals surface area contributed by atoms with Gasteiger partial charge in [-0.2, -0.15) is 5.26 Å². The van der Waals surface area contributed by atoms with E-state index in [2.05, 4.69) is 52.4 Å². The predicted molar refractivity (Wildman–Crippen MR) is 145 cm³/mol. The van der Waals surface area contributed by atoms with Crippen molar-refractivity contribution in [2.45, 2.75) is 76.2 Å². The number of nitrogens with one attached hydrogen (secondary N) is 1. The number of H-pyrrole nitrogens is 1. The number of carbonyl (C=O) groups is 1. The number of benzene rings is 2. The maximum absolute atomic E-state index is 13.8. The van der Waals surface area contributed by atoms with Gasteiger partial charge in [-0.15, -0.1) is 10.2 Å². The third-order valence-corrected chi connectivity index (χ3v) is 8.70. The van der Waals surface area contributed by atoms with Gasteiger partial charge in [0.05, 0.1) is 17.7 Å². The molecule has 2 aliphatic heterocycles. The highest BCUT2D eigenvalue weighted by Gasteiger charge is 2.29. The highest BCUT2D eigenvalue weighted by Crippen LogP contribution is 2.42. The van der Waals surface area contributed by atoms with Crippen LogP contribution in [0.5, 0.6) is 0 Å². The molecule has 1 aromatic heterocycles. The van der Waals surface area contributed by atoms with Crippen LogP contribution in [0, 0.1) is 18.3 Å². The lowest BCUT2D eigenvalue weighted by molar-refractivity contribution is 0.0712. The van der Waals surface area contributed by atoms with Crippen LogP contribution in [0.1, 0.15) is 95.2 Å². The summed E-state index contributed by atoms with van der Waals surface area (Å²) in [4.78, 5) is 19.2. The molecule has 3 aliphatic rings. The Bertz CT molecular complexity index is 1340. The average Bonchev–Trinajstić information content (AvgIpc) is 3.60. The first-order valence-corrected chi connectivity index (χ1v) is 14.1. The first-order chi connectivity index (χ1) is 18.6. The second-order valence-corrected chi connectivity index (χ2v) is 11.1. The van der Waals surface area contributed by atoms with Crippen molar-refractivity contribution in [3.63, 3.8) is 0 Å². The van der Waals surface area contributed by atoms with E-state index in [-0.39, 0.29) is 12.0 Å². The average molecular weight is 510 g/mol. The molecule has 1 saturated carbocycles. The normalized spacial score (nSPS) is 20.3. The Kier molecular flexibility index (Phi) is 6.99. The number of aryl methyl sites for hydroxylation is 1. The lowest BCUT2D eigenvalue weighted by atomic mass is 9.77. The van der Waals surface area contributed by atoms with Crippen LogP contribution in [-0.4, -0.2) is 51.8 Å².